The Hall–Kier alpha value is -3.15. The zero-order chi connectivity index (χ0) is 23.6. The maximum Gasteiger partial charge on any atom is 0.265 e. The minimum atomic E-state index is -3.97. The molecule has 0 atom stereocenters. The Labute approximate surface area is 195 Å². The number of aryl methyl sites for hydroxylation is 1. The van der Waals surface area contributed by atoms with Gasteiger partial charge in [0.15, 0.2) is 12.4 Å². The van der Waals surface area contributed by atoms with E-state index in [1.165, 1.54) is 17.0 Å². The van der Waals surface area contributed by atoms with Gasteiger partial charge in [-0.15, -0.1) is 0 Å². The highest BCUT2D eigenvalue weighted by molar-refractivity contribution is 7.89. The molecule has 4 rings (SSSR count). The predicted octanol–water partition coefficient (Wildman–Crippen LogP) is 2.83. The normalized spacial score (nSPS) is 13.5. The number of ether oxygens (including phenoxy) is 2. The van der Waals surface area contributed by atoms with Crippen LogP contribution in [0.15, 0.2) is 45.8 Å². The van der Waals surface area contributed by atoms with Crippen LogP contribution in [0.5, 0.6) is 11.5 Å². The molecule has 0 saturated carbocycles. The number of hydrogen-bond donors (Lipinski definition) is 1. The van der Waals surface area contributed by atoms with Gasteiger partial charge < -0.3 is 14.0 Å². The van der Waals surface area contributed by atoms with E-state index in [-0.39, 0.29) is 41.3 Å². The van der Waals surface area contributed by atoms with E-state index in [1.54, 1.807) is 31.2 Å². The first-order valence-corrected chi connectivity index (χ1v) is 11.9. The highest BCUT2D eigenvalue weighted by Crippen LogP contribution is 2.39. The number of nitrogens with one attached hydrogen (secondary N) is 1. The monoisotopic (exact) mass is 492 g/mol. The van der Waals surface area contributed by atoms with Crippen molar-refractivity contribution in [1.29, 1.82) is 0 Å². The number of nitrogens with zero attached hydrogens (tertiary/aromatic N) is 3. The average Bonchev–Trinajstić information content (AvgIpc) is 3.20. The summed E-state index contributed by atoms with van der Waals surface area (Å²) in [5.41, 5.74) is 1.07. The number of sulfonamides is 1. The van der Waals surface area contributed by atoms with E-state index < -0.39 is 10.0 Å². The molecule has 1 aliphatic heterocycles. The molecule has 0 saturated heterocycles. The number of halogens is 1. The molecule has 1 aliphatic rings. The zero-order valence-corrected chi connectivity index (χ0v) is 19.4. The smallest absolute Gasteiger partial charge is 0.265 e. The second kappa shape index (κ2) is 9.38. The molecule has 10 nitrogen and oxygen atoms in total. The summed E-state index contributed by atoms with van der Waals surface area (Å²) in [4.78, 5) is 17.7. The summed E-state index contributed by atoms with van der Waals surface area (Å²) in [5.74, 6) is 1.24. The van der Waals surface area contributed by atoms with Gasteiger partial charge in [0.1, 0.15) is 16.4 Å². The van der Waals surface area contributed by atoms with Crippen molar-refractivity contribution in [2.45, 2.75) is 31.8 Å². The Bertz CT molecular complexity index is 1280. The quantitative estimate of drug-likeness (QED) is 0.509. The van der Waals surface area contributed by atoms with Crippen LogP contribution in [-0.4, -0.2) is 37.7 Å². The van der Waals surface area contributed by atoms with E-state index >= 15 is 0 Å². The van der Waals surface area contributed by atoms with E-state index in [1.807, 2.05) is 6.92 Å². The molecule has 1 aromatic heterocycles. The molecule has 2 heterocycles. The van der Waals surface area contributed by atoms with Gasteiger partial charge in [0.2, 0.25) is 15.9 Å². The zero-order valence-electron chi connectivity index (χ0n) is 17.9. The first kappa shape index (κ1) is 23.0. The van der Waals surface area contributed by atoms with E-state index in [2.05, 4.69) is 14.9 Å². The molecule has 2 aromatic carbocycles. The molecule has 0 aliphatic carbocycles. The Kier molecular flexibility index (Phi) is 6.54. The minimum absolute atomic E-state index is 0.0327. The second-order valence-corrected chi connectivity index (χ2v) is 9.29. The lowest BCUT2D eigenvalue weighted by molar-refractivity contribution is -0.121. The fourth-order valence-corrected chi connectivity index (χ4v) is 4.81. The summed E-state index contributed by atoms with van der Waals surface area (Å²) >= 11 is 6.32. The molecule has 1 N–H and O–H groups in total. The van der Waals surface area contributed by atoms with Crippen molar-refractivity contribution in [1.82, 2.24) is 14.9 Å². The molecule has 12 heteroatoms. The fraction of sp³-hybridized carbons (Fsp3) is 0.286. The van der Waals surface area contributed by atoms with Crippen LogP contribution in [0.4, 0.5) is 5.69 Å². The van der Waals surface area contributed by atoms with Crippen LogP contribution in [0.1, 0.15) is 24.2 Å². The number of benzene rings is 2. The first-order chi connectivity index (χ1) is 15.8. The minimum Gasteiger partial charge on any atom is -0.494 e. The van der Waals surface area contributed by atoms with Crippen molar-refractivity contribution in [2.75, 3.05) is 18.1 Å². The Balaban J connectivity index is 1.55. The van der Waals surface area contributed by atoms with Gasteiger partial charge in [-0.2, -0.15) is 4.98 Å². The summed E-state index contributed by atoms with van der Waals surface area (Å²) in [6.45, 7) is 3.90. The van der Waals surface area contributed by atoms with E-state index in [4.69, 9.17) is 25.6 Å². The first-order valence-electron chi connectivity index (χ1n) is 10.0. The standard InChI is InChI=1S/C21H21ClN4O6S/c1-3-30-15-6-4-14(5-7-15)10-23-33(28,29)19-9-18-17(8-16(19)22)26(21(27)12-31-18)11-20-24-13(2)32-25-20/h4-9,23H,3,10-12H2,1-2H3. The van der Waals surface area contributed by atoms with Crippen molar-refractivity contribution in [2.24, 2.45) is 0 Å². The van der Waals surface area contributed by atoms with Crippen LogP contribution >= 0.6 is 11.6 Å². The summed E-state index contributed by atoms with van der Waals surface area (Å²) in [5, 5.41) is 3.74. The number of aromatic nitrogens is 2. The van der Waals surface area contributed by atoms with Crippen LogP contribution in [0, 0.1) is 6.92 Å². The molecule has 0 radical (unpaired) electrons. The molecule has 0 spiro atoms. The van der Waals surface area contributed by atoms with Crippen molar-refractivity contribution < 1.29 is 27.2 Å². The summed E-state index contributed by atoms with van der Waals surface area (Å²) in [6.07, 6.45) is 0. The van der Waals surface area contributed by atoms with Gasteiger partial charge in [0, 0.05) is 19.5 Å². The molecular weight excluding hydrogens is 472 g/mol. The summed E-state index contributed by atoms with van der Waals surface area (Å²) in [7, 11) is -3.97. The van der Waals surface area contributed by atoms with Crippen LogP contribution < -0.4 is 19.1 Å². The van der Waals surface area contributed by atoms with Crippen LogP contribution in [0.25, 0.3) is 0 Å². The number of anilines is 1. The number of amides is 1. The highest BCUT2D eigenvalue weighted by atomic mass is 35.5. The topological polar surface area (TPSA) is 124 Å². The maximum absolute atomic E-state index is 12.9. The number of carbonyl (C=O) groups excluding carboxylic acids is 1. The van der Waals surface area contributed by atoms with Crippen molar-refractivity contribution in [3.8, 4) is 11.5 Å². The molecule has 3 aromatic rings. The number of fused-ring (bicyclic) bond motifs is 1. The number of rotatable bonds is 8. The van der Waals surface area contributed by atoms with E-state index in [0.717, 1.165) is 5.56 Å². The molecule has 1 amide bonds. The lowest BCUT2D eigenvalue weighted by Crippen LogP contribution is -2.38. The third-order valence-corrected chi connectivity index (χ3v) is 6.68. The van der Waals surface area contributed by atoms with Crippen LogP contribution in [0.3, 0.4) is 0 Å². The molecular formula is C21H21ClN4O6S. The van der Waals surface area contributed by atoms with E-state index in [9.17, 15) is 13.2 Å². The molecule has 174 valence electrons. The largest absolute Gasteiger partial charge is 0.494 e. The number of carbonyl (C=O) groups is 1. The van der Waals surface area contributed by atoms with Gasteiger partial charge in [0.25, 0.3) is 5.91 Å². The summed E-state index contributed by atoms with van der Waals surface area (Å²) < 4.78 is 44.2. The molecule has 0 bridgehead atoms. The third kappa shape index (κ3) is 5.10. The Morgan fingerprint density at radius 2 is 2.00 bits per heavy atom. The van der Waals surface area contributed by atoms with Gasteiger partial charge in [-0.3, -0.25) is 9.69 Å². The molecule has 33 heavy (non-hydrogen) atoms. The van der Waals surface area contributed by atoms with Gasteiger partial charge >= 0.3 is 0 Å². The van der Waals surface area contributed by atoms with Gasteiger partial charge in [-0.1, -0.05) is 28.9 Å². The predicted molar refractivity (Wildman–Crippen MR) is 119 cm³/mol. The van der Waals surface area contributed by atoms with E-state index in [0.29, 0.717) is 29.8 Å². The third-order valence-electron chi connectivity index (χ3n) is 4.82. The summed E-state index contributed by atoms with van der Waals surface area (Å²) in [6, 6.07) is 9.77. The van der Waals surface area contributed by atoms with Gasteiger partial charge in [-0.05, 0) is 30.7 Å². The Morgan fingerprint density at radius 1 is 1.24 bits per heavy atom. The van der Waals surface area contributed by atoms with Crippen molar-refractivity contribution in [3.05, 3.63) is 58.7 Å². The lowest BCUT2D eigenvalue weighted by Gasteiger charge is -2.29. The van der Waals surface area contributed by atoms with Crippen LogP contribution in [-0.2, 0) is 27.9 Å². The SMILES string of the molecule is CCOc1ccc(CNS(=O)(=O)c2cc3c(cc2Cl)N(Cc2noc(C)n2)C(=O)CO3)cc1. The van der Waals surface area contributed by atoms with Gasteiger partial charge in [-0.25, -0.2) is 13.1 Å². The Morgan fingerprint density at radius 3 is 2.67 bits per heavy atom. The number of hydrogen-bond acceptors (Lipinski definition) is 8. The maximum atomic E-state index is 12.9. The van der Waals surface area contributed by atoms with Gasteiger partial charge in [0.05, 0.1) is 23.9 Å². The molecule has 0 fully saturated rings. The lowest BCUT2D eigenvalue weighted by atomic mass is 10.2. The van der Waals surface area contributed by atoms with Crippen molar-refractivity contribution in [3.63, 3.8) is 0 Å². The second-order valence-electron chi connectivity index (χ2n) is 7.15. The molecule has 0 unspecified atom stereocenters. The average molecular weight is 493 g/mol. The van der Waals surface area contributed by atoms with Crippen molar-refractivity contribution >= 4 is 33.2 Å². The van der Waals surface area contributed by atoms with Crippen LogP contribution in [0.2, 0.25) is 5.02 Å². The highest BCUT2D eigenvalue weighted by Gasteiger charge is 2.30. The fourth-order valence-electron chi connectivity index (χ4n) is 3.26.